The van der Waals surface area contributed by atoms with E-state index < -0.39 is 0 Å². The van der Waals surface area contributed by atoms with Crippen LogP contribution in [0.4, 0.5) is 5.69 Å². The molecule has 1 fully saturated rings. The molecule has 4 heteroatoms. The van der Waals surface area contributed by atoms with Crippen molar-refractivity contribution in [2.75, 3.05) is 25.0 Å². The summed E-state index contributed by atoms with van der Waals surface area (Å²) in [7, 11) is 0. The third kappa shape index (κ3) is 3.65. The molecule has 20 heavy (non-hydrogen) atoms. The van der Waals surface area contributed by atoms with Gasteiger partial charge in [-0.3, -0.25) is 0 Å². The summed E-state index contributed by atoms with van der Waals surface area (Å²) < 4.78 is 0. The van der Waals surface area contributed by atoms with Crippen LogP contribution in [0.2, 0.25) is 5.02 Å². The molecule has 0 amide bonds. The highest BCUT2D eigenvalue weighted by molar-refractivity contribution is 6.30. The lowest BCUT2D eigenvalue weighted by molar-refractivity contribution is 0.183. The van der Waals surface area contributed by atoms with Crippen molar-refractivity contribution in [3.63, 3.8) is 0 Å². The lowest BCUT2D eigenvalue weighted by Crippen LogP contribution is -2.39. The largest absolute Gasteiger partial charge is 0.381 e. The van der Waals surface area contributed by atoms with Gasteiger partial charge in [0.25, 0.3) is 0 Å². The minimum Gasteiger partial charge on any atom is -0.381 e. The molecule has 1 saturated heterocycles. The van der Waals surface area contributed by atoms with E-state index in [9.17, 15) is 0 Å². The highest BCUT2D eigenvalue weighted by atomic mass is 35.5. The molecule has 0 bridgehead atoms. The van der Waals surface area contributed by atoms with Crippen LogP contribution in [0.1, 0.15) is 32.3 Å². The van der Waals surface area contributed by atoms with Crippen molar-refractivity contribution in [3.8, 4) is 6.07 Å². The summed E-state index contributed by atoms with van der Waals surface area (Å²) in [6, 6.07) is 7.96. The van der Waals surface area contributed by atoms with Gasteiger partial charge in [-0.25, -0.2) is 0 Å². The van der Waals surface area contributed by atoms with Gasteiger partial charge in [0.2, 0.25) is 0 Å². The molecule has 1 aliphatic rings. The summed E-state index contributed by atoms with van der Waals surface area (Å²) >= 11 is 6.02. The van der Waals surface area contributed by atoms with Gasteiger partial charge in [-0.1, -0.05) is 18.5 Å². The van der Waals surface area contributed by atoms with Gasteiger partial charge in [0, 0.05) is 11.1 Å². The van der Waals surface area contributed by atoms with Crippen LogP contribution in [0.3, 0.4) is 0 Å². The number of halogens is 1. The average molecular weight is 292 g/mol. The van der Waals surface area contributed by atoms with Crippen LogP contribution in [-0.2, 0) is 0 Å². The van der Waals surface area contributed by atoms with Crippen molar-refractivity contribution in [2.45, 2.75) is 32.7 Å². The molecule has 3 nitrogen and oxygen atoms in total. The van der Waals surface area contributed by atoms with Crippen molar-refractivity contribution in [2.24, 2.45) is 5.92 Å². The maximum absolute atomic E-state index is 9.16. The van der Waals surface area contributed by atoms with Crippen LogP contribution < -0.4 is 5.32 Å². The number of hydrogen-bond acceptors (Lipinski definition) is 3. The zero-order valence-electron chi connectivity index (χ0n) is 12.2. The highest BCUT2D eigenvalue weighted by Crippen LogP contribution is 2.26. The Balaban J connectivity index is 2.00. The zero-order chi connectivity index (χ0) is 14.5. The van der Waals surface area contributed by atoms with Gasteiger partial charge in [-0.2, -0.15) is 5.26 Å². The second kappa shape index (κ2) is 6.97. The molecule has 0 spiro atoms. The van der Waals surface area contributed by atoms with Crippen molar-refractivity contribution in [1.82, 2.24) is 4.90 Å². The van der Waals surface area contributed by atoms with Gasteiger partial charge < -0.3 is 10.2 Å². The van der Waals surface area contributed by atoms with Crippen LogP contribution in [-0.4, -0.2) is 30.6 Å². The normalized spacial score (nSPS) is 18.5. The van der Waals surface area contributed by atoms with E-state index in [1.165, 1.54) is 25.9 Å². The smallest absolute Gasteiger partial charge is 0.101 e. The minimum atomic E-state index is 0.361. The van der Waals surface area contributed by atoms with E-state index in [-0.39, 0.29) is 0 Å². The summed E-state index contributed by atoms with van der Waals surface area (Å²) in [6.45, 7) is 7.91. The molecule has 1 aromatic carbocycles. The molecule has 1 atom stereocenters. The molecule has 1 aliphatic heterocycles. The Labute approximate surface area is 126 Å². The fraction of sp³-hybridized carbons (Fsp3) is 0.562. The van der Waals surface area contributed by atoms with Gasteiger partial charge in [-0.05, 0) is 63.5 Å². The molecule has 0 saturated carbocycles. The Kier molecular flexibility index (Phi) is 5.28. The summed E-state index contributed by atoms with van der Waals surface area (Å²) in [5, 5.41) is 13.3. The van der Waals surface area contributed by atoms with E-state index in [1.807, 2.05) is 6.07 Å². The van der Waals surface area contributed by atoms with E-state index in [0.717, 1.165) is 12.2 Å². The standard InChI is InChI=1S/C16H22ClN3/c1-3-20-8-6-13(7-9-20)12(2)19-16-10-15(17)5-4-14(16)11-18/h4-5,10,12-13,19H,3,6-9H2,1-2H3. The zero-order valence-corrected chi connectivity index (χ0v) is 13.0. The van der Waals surface area contributed by atoms with E-state index in [1.54, 1.807) is 12.1 Å². The van der Waals surface area contributed by atoms with Crippen LogP contribution in [0.15, 0.2) is 18.2 Å². The third-order valence-electron chi connectivity index (χ3n) is 4.27. The Hall–Kier alpha value is -1.24. The number of piperidine rings is 1. The lowest BCUT2D eigenvalue weighted by Gasteiger charge is -2.35. The van der Waals surface area contributed by atoms with Crippen LogP contribution in [0, 0.1) is 17.2 Å². The molecule has 0 aliphatic carbocycles. The first-order valence-corrected chi connectivity index (χ1v) is 7.70. The monoisotopic (exact) mass is 291 g/mol. The van der Waals surface area contributed by atoms with Gasteiger partial charge in [0.05, 0.1) is 11.3 Å². The first-order chi connectivity index (χ1) is 9.63. The first-order valence-electron chi connectivity index (χ1n) is 7.32. The van der Waals surface area contributed by atoms with Crippen LogP contribution in [0.25, 0.3) is 0 Å². The first kappa shape index (κ1) is 15.2. The van der Waals surface area contributed by atoms with E-state index >= 15 is 0 Å². The molecule has 108 valence electrons. The second-order valence-electron chi connectivity index (χ2n) is 5.51. The number of nitriles is 1. The van der Waals surface area contributed by atoms with Crippen LogP contribution >= 0.6 is 11.6 Å². The Morgan fingerprint density at radius 1 is 1.45 bits per heavy atom. The summed E-state index contributed by atoms with van der Waals surface area (Å²) in [5.74, 6) is 0.656. The highest BCUT2D eigenvalue weighted by Gasteiger charge is 2.23. The molecule has 2 rings (SSSR count). The number of hydrogen-bond donors (Lipinski definition) is 1. The molecule has 0 radical (unpaired) electrons. The molecular formula is C16H22ClN3. The van der Waals surface area contributed by atoms with E-state index in [2.05, 4.69) is 30.1 Å². The number of nitrogens with one attached hydrogen (secondary N) is 1. The Morgan fingerprint density at radius 3 is 2.75 bits per heavy atom. The van der Waals surface area contributed by atoms with Crippen molar-refractivity contribution in [1.29, 1.82) is 5.26 Å². The van der Waals surface area contributed by atoms with E-state index in [0.29, 0.717) is 22.5 Å². The van der Waals surface area contributed by atoms with E-state index in [4.69, 9.17) is 16.9 Å². The lowest BCUT2D eigenvalue weighted by atomic mass is 9.90. The SMILES string of the molecule is CCN1CCC(C(C)Nc2cc(Cl)ccc2C#N)CC1. The molecule has 1 N–H and O–H groups in total. The van der Waals surface area contributed by atoms with Crippen molar-refractivity contribution < 1.29 is 0 Å². The third-order valence-corrected chi connectivity index (χ3v) is 4.51. The molecule has 0 aromatic heterocycles. The number of benzene rings is 1. The maximum atomic E-state index is 9.16. The quantitative estimate of drug-likeness (QED) is 0.918. The Bertz CT molecular complexity index is 487. The number of rotatable bonds is 4. The summed E-state index contributed by atoms with van der Waals surface area (Å²) in [4.78, 5) is 2.49. The average Bonchev–Trinajstić information content (AvgIpc) is 2.47. The number of anilines is 1. The topological polar surface area (TPSA) is 39.1 Å². The minimum absolute atomic E-state index is 0.361. The van der Waals surface area contributed by atoms with Gasteiger partial charge in [0.1, 0.15) is 6.07 Å². The second-order valence-corrected chi connectivity index (χ2v) is 5.94. The van der Waals surface area contributed by atoms with Crippen molar-refractivity contribution >= 4 is 17.3 Å². The summed E-state index contributed by atoms with van der Waals surface area (Å²) in [5.41, 5.74) is 1.51. The predicted molar refractivity (Wildman–Crippen MR) is 84.1 cm³/mol. The number of nitrogens with zero attached hydrogens (tertiary/aromatic N) is 2. The molecule has 1 unspecified atom stereocenters. The molecule has 1 aromatic rings. The molecule has 1 heterocycles. The summed E-state index contributed by atoms with van der Waals surface area (Å²) in [6.07, 6.45) is 2.43. The Morgan fingerprint density at radius 2 is 2.15 bits per heavy atom. The predicted octanol–water partition coefficient (Wildman–Crippen LogP) is 3.74. The number of likely N-dealkylation sites (tertiary alicyclic amines) is 1. The fourth-order valence-electron chi connectivity index (χ4n) is 2.87. The maximum Gasteiger partial charge on any atom is 0.101 e. The molecular weight excluding hydrogens is 270 g/mol. The van der Waals surface area contributed by atoms with Gasteiger partial charge >= 0.3 is 0 Å². The van der Waals surface area contributed by atoms with Crippen molar-refractivity contribution in [3.05, 3.63) is 28.8 Å². The van der Waals surface area contributed by atoms with Gasteiger partial charge in [-0.15, -0.1) is 0 Å². The fourth-order valence-corrected chi connectivity index (χ4v) is 3.04. The van der Waals surface area contributed by atoms with Crippen LogP contribution in [0.5, 0.6) is 0 Å². The van der Waals surface area contributed by atoms with Gasteiger partial charge in [0.15, 0.2) is 0 Å².